The first kappa shape index (κ1) is 18.7. The number of esters is 1. The van der Waals surface area contributed by atoms with Crippen LogP contribution in [0.3, 0.4) is 0 Å². The lowest BCUT2D eigenvalue weighted by molar-refractivity contribution is -0.142. The van der Waals surface area contributed by atoms with Crippen molar-refractivity contribution in [1.82, 2.24) is 5.32 Å². The number of alkyl carbamates (subject to hydrolysis) is 1. The Balaban J connectivity index is 2.69. The predicted molar refractivity (Wildman–Crippen MR) is 89.1 cm³/mol. The summed E-state index contributed by atoms with van der Waals surface area (Å²) in [6.07, 6.45) is 1.55. The predicted octanol–water partition coefficient (Wildman–Crippen LogP) is 3.24. The summed E-state index contributed by atoms with van der Waals surface area (Å²) in [6.45, 7) is 9.02. The molecule has 0 radical (unpaired) electrons. The lowest BCUT2D eigenvalue weighted by Gasteiger charge is -2.23. The van der Waals surface area contributed by atoms with Crippen molar-refractivity contribution < 1.29 is 19.1 Å². The molecule has 1 atom stereocenters. The third-order valence-corrected chi connectivity index (χ3v) is 2.82. The Morgan fingerprint density at radius 3 is 2.48 bits per heavy atom. The first-order valence-corrected chi connectivity index (χ1v) is 7.60. The minimum Gasteiger partial charge on any atom is -0.461 e. The monoisotopic (exact) mass is 319 g/mol. The summed E-state index contributed by atoms with van der Waals surface area (Å²) in [4.78, 5) is 23.8. The number of carbonyl (C=O) groups is 2. The van der Waals surface area contributed by atoms with Gasteiger partial charge in [0.2, 0.25) is 0 Å². The first-order chi connectivity index (χ1) is 10.8. The first-order valence-electron chi connectivity index (χ1n) is 7.60. The van der Waals surface area contributed by atoms with Crippen molar-refractivity contribution in [3.63, 3.8) is 0 Å². The summed E-state index contributed by atoms with van der Waals surface area (Å²) >= 11 is 0. The van der Waals surface area contributed by atoms with Gasteiger partial charge in [0.25, 0.3) is 0 Å². The van der Waals surface area contributed by atoms with Gasteiger partial charge in [-0.05, 0) is 32.8 Å². The van der Waals surface area contributed by atoms with E-state index in [2.05, 4.69) is 11.9 Å². The Hall–Kier alpha value is -2.30. The van der Waals surface area contributed by atoms with Gasteiger partial charge in [-0.3, -0.25) is 4.79 Å². The molecule has 1 unspecified atom stereocenters. The molecule has 0 spiro atoms. The summed E-state index contributed by atoms with van der Waals surface area (Å²) in [5.74, 6) is -0.387. The average molecular weight is 319 g/mol. The number of hydrogen-bond donors (Lipinski definition) is 1. The molecule has 0 heterocycles. The Morgan fingerprint density at radius 2 is 1.91 bits per heavy atom. The molecule has 0 aromatic heterocycles. The SMILES string of the molecule is C=CCOC(=O)CC(Cc1ccccc1)NC(=O)OC(C)(C)C. The number of rotatable bonds is 7. The van der Waals surface area contributed by atoms with E-state index in [1.165, 1.54) is 6.08 Å². The summed E-state index contributed by atoms with van der Waals surface area (Å²) < 4.78 is 10.2. The van der Waals surface area contributed by atoms with E-state index in [9.17, 15) is 9.59 Å². The molecule has 126 valence electrons. The van der Waals surface area contributed by atoms with E-state index in [1.807, 2.05) is 30.3 Å². The lowest BCUT2D eigenvalue weighted by Crippen LogP contribution is -2.41. The fraction of sp³-hybridized carbons (Fsp3) is 0.444. The van der Waals surface area contributed by atoms with Gasteiger partial charge in [-0.2, -0.15) is 0 Å². The number of benzene rings is 1. The normalized spacial score (nSPS) is 12.1. The van der Waals surface area contributed by atoms with Crippen LogP contribution in [0.15, 0.2) is 43.0 Å². The van der Waals surface area contributed by atoms with E-state index in [4.69, 9.17) is 9.47 Å². The molecule has 23 heavy (non-hydrogen) atoms. The van der Waals surface area contributed by atoms with Crippen LogP contribution in [0, 0.1) is 0 Å². The molecular weight excluding hydrogens is 294 g/mol. The van der Waals surface area contributed by atoms with Gasteiger partial charge in [-0.1, -0.05) is 43.0 Å². The molecule has 0 saturated heterocycles. The van der Waals surface area contributed by atoms with Gasteiger partial charge >= 0.3 is 12.1 Å². The molecular formula is C18H25NO4. The van der Waals surface area contributed by atoms with Gasteiger partial charge in [0, 0.05) is 6.04 Å². The second-order valence-corrected chi connectivity index (χ2v) is 6.21. The average Bonchev–Trinajstić information content (AvgIpc) is 2.44. The highest BCUT2D eigenvalue weighted by molar-refractivity contribution is 5.73. The highest BCUT2D eigenvalue weighted by atomic mass is 16.6. The van der Waals surface area contributed by atoms with Crippen molar-refractivity contribution in [2.75, 3.05) is 6.61 Å². The van der Waals surface area contributed by atoms with E-state index in [1.54, 1.807) is 20.8 Å². The van der Waals surface area contributed by atoms with Crippen LogP contribution in [0.2, 0.25) is 0 Å². The quantitative estimate of drug-likeness (QED) is 0.619. The Morgan fingerprint density at radius 1 is 1.26 bits per heavy atom. The van der Waals surface area contributed by atoms with E-state index in [0.29, 0.717) is 6.42 Å². The van der Waals surface area contributed by atoms with Crippen molar-refractivity contribution in [3.05, 3.63) is 48.6 Å². The molecule has 1 N–H and O–H groups in total. The van der Waals surface area contributed by atoms with E-state index in [0.717, 1.165) is 5.56 Å². The van der Waals surface area contributed by atoms with Crippen molar-refractivity contribution in [2.24, 2.45) is 0 Å². The fourth-order valence-corrected chi connectivity index (χ4v) is 1.96. The van der Waals surface area contributed by atoms with Gasteiger partial charge in [0.05, 0.1) is 6.42 Å². The molecule has 0 bridgehead atoms. The maximum atomic E-state index is 12.0. The Labute approximate surface area is 137 Å². The minimum atomic E-state index is -0.593. The van der Waals surface area contributed by atoms with Crippen molar-refractivity contribution in [2.45, 2.75) is 45.3 Å². The number of nitrogens with one attached hydrogen (secondary N) is 1. The third-order valence-electron chi connectivity index (χ3n) is 2.82. The zero-order chi connectivity index (χ0) is 17.3. The summed E-state index contributed by atoms with van der Waals surface area (Å²) in [5.41, 5.74) is 0.426. The molecule has 0 fully saturated rings. The maximum Gasteiger partial charge on any atom is 0.407 e. The molecule has 0 aliphatic heterocycles. The highest BCUT2D eigenvalue weighted by Crippen LogP contribution is 2.10. The molecule has 1 aromatic carbocycles. The van der Waals surface area contributed by atoms with Crippen LogP contribution in [0.25, 0.3) is 0 Å². The van der Waals surface area contributed by atoms with Gasteiger partial charge in [0.1, 0.15) is 12.2 Å². The van der Waals surface area contributed by atoms with Crippen LogP contribution in [0.4, 0.5) is 4.79 Å². The molecule has 1 amide bonds. The van der Waals surface area contributed by atoms with Gasteiger partial charge in [-0.25, -0.2) is 4.79 Å². The van der Waals surface area contributed by atoms with Gasteiger partial charge in [-0.15, -0.1) is 0 Å². The number of amides is 1. The zero-order valence-electron chi connectivity index (χ0n) is 14.0. The molecule has 5 heteroatoms. The van der Waals surface area contributed by atoms with E-state index >= 15 is 0 Å². The van der Waals surface area contributed by atoms with Crippen LogP contribution in [-0.4, -0.2) is 30.3 Å². The van der Waals surface area contributed by atoms with Crippen LogP contribution in [0.1, 0.15) is 32.8 Å². The van der Waals surface area contributed by atoms with Crippen LogP contribution in [-0.2, 0) is 20.7 Å². The number of hydrogen-bond acceptors (Lipinski definition) is 4. The molecule has 1 rings (SSSR count). The molecule has 5 nitrogen and oxygen atoms in total. The van der Waals surface area contributed by atoms with Crippen LogP contribution in [0.5, 0.6) is 0 Å². The molecule has 0 aliphatic carbocycles. The zero-order valence-corrected chi connectivity index (χ0v) is 14.0. The number of carbonyl (C=O) groups excluding carboxylic acids is 2. The second kappa shape index (κ2) is 8.98. The van der Waals surface area contributed by atoms with Gasteiger partial charge in [0.15, 0.2) is 0 Å². The standard InChI is InChI=1S/C18H25NO4/c1-5-11-22-16(20)13-15(12-14-9-7-6-8-10-14)19-17(21)23-18(2,3)4/h5-10,15H,1,11-13H2,2-4H3,(H,19,21). The topological polar surface area (TPSA) is 64.6 Å². The summed E-state index contributed by atoms with van der Waals surface area (Å²) in [6, 6.07) is 9.23. The van der Waals surface area contributed by atoms with Crippen LogP contribution < -0.4 is 5.32 Å². The minimum absolute atomic E-state index is 0.0714. The van der Waals surface area contributed by atoms with Crippen molar-refractivity contribution >= 4 is 12.1 Å². The molecule has 0 saturated carbocycles. The van der Waals surface area contributed by atoms with E-state index < -0.39 is 17.7 Å². The largest absolute Gasteiger partial charge is 0.461 e. The fourth-order valence-electron chi connectivity index (χ4n) is 1.96. The lowest BCUT2D eigenvalue weighted by atomic mass is 10.0. The number of ether oxygens (including phenoxy) is 2. The Kier molecular flexibility index (Phi) is 7.32. The maximum absolute atomic E-state index is 12.0. The van der Waals surface area contributed by atoms with E-state index in [-0.39, 0.29) is 19.0 Å². The highest BCUT2D eigenvalue weighted by Gasteiger charge is 2.22. The van der Waals surface area contributed by atoms with Crippen molar-refractivity contribution in [1.29, 1.82) is 0 Å². The second-order valence-electron chi connectivity index (χ2n) is 6.21. The van der Waals surface area contributed by atoms with Gasteiger partial charge < -0.3 is 14.8 Å². The van der Waals surface area contributed by atoms with Crippen molar-refractivity contribution in [3.8, 4) is 0 Å². The third kappa shape index (κ3) is 8.66. The molecule has 0 aliphatic rings. The van der Waals surface area contributed by atoms with Crippen LogP contribution >= 0.6 is 0 Å². The Bertz CT molecular complexity index is 520. The smallest absolute Gasteiger partial charge is 0.407 e. The summed E-state index contributed by atoms with van der Waals surface area (Å²) in [5, 5.41) is 2.74. The summed E-state index contributed by atoms with van der Waals surface area (Å²) in [7, 11) is 0. The molecule has 1 aromatic rings.